The number of halogens is 1. The van der Waals surface area contributed by atoms with E-state index >= 15 is 0 Å². The quantitative estimate of drug-likeness (QED) is 0.461. The maximum Gasteiger partial charge on any atom is 0.340 e. The van der Waals surface area contributed by atoms with Gasteiger partial charge in [0.05, 0.1) is 5.52 Å². The summed E-state index contributed by atoms with van der Waals surface area (Å²) >= 11 is 0. The molecule has 0 spiro atoms. The van der Waals surface area contributed by atoms with Crippen molar-refractivity contribution in [3.63, 3.8) is 0 Å². The van der Waals surface area contributed by atoms with E-state index in [0.29, 0.717) is 29.1 Å². The summed E-state index contributed by atoms with van der Waals surface area (Å²) in [5.74, 6) is -1.06. The smallest absolute Gasteiger partial charge is 0.340 e. The molecule has 0 aliphatic heterocycles. The van der Waals surface area contributed by atoms with Crippen LogP contribution in [0, 0.1) is 11.7 Å². The normalized spacial score (nSPS) is 14.4. The van der Waals surface area contributed by atoms with Crippen molar-refractivity contribution >= 4 is 21.5 Å². The molecule has 0 saturated heterocycles. The monoisotopic (exact) mass is 459 g/mol. The van der Waals surface area contributed by atoms with Crippen LogP contribution >= 0.6 is 0 Å². The van der Waals surface area contributed by atoms with Crippen LogP contribution in [0.3, 0.4) is 0 Å². The van der Waals surface area contributed by atoms with Crippen LogP contribution in [0.25, 0.3) is 16.8 Å². The van der Waals surface area contributed by atoms with Gasteiger partial charge in [-0.2, -0.15) is 5.10 Å². The molecular weight excluding hydrogens is 433 g/mol. The number of nitrogens with zero attached hydrogens (tertiary/aromatic N) is 2. The second-order valence-corrected chi connectivity index (χ2v) is 10.4. The van der Waals surface area contributed by atoms with E-state index in [1.807, 2.05) is 0 Å². The largest absolute Gasteiger partial charge is 0.478 e. The summed E-state index contributed by atoms with van der Waals surface area (Å²) in [6, 6.07) is 7.01. The summed E-state index contributed by atoms with van der Waals surface area (Å²) in [4.78, 5) is 12.2. The zero-order valence-electron chi connectivity index (χ0n) is 18.0. The fourth-order valence-corrected chi connectivity index (χ4v) is 5.18. The molecule has 2 heterocycles. The number of rotatable bonds is 9. The van der Waals surface area contributed by atoms with Gasteiger partial charge in [-0.1, -0.05) is 13.8 Å². The van der Waals surface area contributed by atoms with E-state index in [1.165, 1.54) is 35.0 Å². The minimum atomic E-state index is -3.79. The van der Waals surface area contributed by atoms with E-state index < -0.39 is 21.8 Å². The number of hydrogen-bond donors (Lipinski definition) is 2. The minimum absolute atomic E-state index is 0.0349. The first kappa shape index (κ1) is 22.4. The molecule has 1 aliphatic carbocycles. The van der Waals surface area contributed by atoms with Gasteiger partial charge in [-0.25, -0.2) is 26.8 Å². The molecule has 2 N–H and O–H groups in total. The zero-order valence-corrected chi connectivity index (χ0v) is 18.8. The molecule has 0 bridgehead atoms. The lowest BCUT2D eigenvalue weighted by atomic mass is 10.1. The average Bonchev–Trinajstić information content (AvgIpc) is 3.50. The summed E-state index contributed by atoms with van der Waals surface area (Å²) < 4.78 is 43.5. The first-order valence-electron chi connectivity index (χ1n) is 10.7. The Morgan fingerprint density at radius 2 is 1.97 bits per heavy atom. The third kappa shape index (κ3) is 4.54. The first-order valence-corrected chi connectivity index (χ1v) is 12.2. The van der Waals surface area contributed by atoms with Crippen molar-refractivity contribution in [2.45, 2.75) is 50.3 Å². The molecule has 1 aromatic carbocycles. The topological polar surface area (TPSA) is 101 Å². The molecule has 2 aromatic heterocycles. The van der Waals surface area contributed by atoms with Crippen LogP contribution in [0.5, 0.6) is 0 Å². The lowest BCUT2D eigenvalue weighted by Gasteiger charge is -2.12. The van der Waals surface area contributed by atoms with Gasteiger partial charge in [0, 0.05) is 18.3 Å². The van der Waals surface area contributed by atoms with Gasteiger partial charge in [-0.15, -0.1) is 0 Å². The zero-order chi connectivity index (χ0) is 23.0. The lowest BCUT2D eigenvalue weighted by Crippen LogP contribution is -2.26. The molecule has 0 atom stereocenters. The molecular formula is C23H26FN3O4S. The van der Waals surface area contributed by atoms with Gasteiger partial charge in [0.2, 0.25) is 10.0 Å². The van der Waals surface area contributed by atoms with E-state index in [-0.39, 0.29) is 22.1 Å². The van der Waals surface area contributed by atoms with Crippen molar-refractivity contribution in [2.75, 3.05) is 6.54 Å². The van der Waals surface area contributed by atoms with Crippen molar-refractivity contribution in [3.05, 3.63) is 53.5 Å². The second kappa shape index (κ2) is 8.63. The van der Waals surface area contributed by atoms with Gasteiger partial charge in [0.25, 0.3) is 0 Å². The van der Waals surface area contributed by atoms with Crippen LogP contribution in [0.1, 0.15) is 61.4 Å². The molecule has 0 amide bonds. The molecule has 32 heavy (non-hydrogen) atoms. The first-order chi connectivity index (χ1) is 15.2. The number of carbonyl (C=O) groups is 1. The Hall–Kier alpha value is -2.78. The number of benzene rings is 1. The molecule has 3 aromatic rings. The number of hydrogen-bond acceptors (Lipinski definition) is 4. The molecule has 0 unspecified atom stereocenters. The van der Waals surface area contributed by atoms with Gasteiger partial charge in [-0.05, 0) is 73.4 Å². The Balaban J connectivity index is 1.80. The Bertz CT molecular complexity index is 1260. The maximum absolute atomic E-state index is 13.4. The Labute approximate surface area is 186 Å². The molecule has 0 radical (unpaired) electrons. The molecule has 170 valence electrons. The van der Waals surface area contributed by atoms with Gasteiger partial charge in [-0.3, -0.25) is 0 Å². The van der Waals surface area contributed by atoms with E-state index in [1.54, 1.807) is 6.07 Å². The summed E-state index contributed by atoms with van der Waals surface area (Å²) in [5, 5.41) is 14.2. The molecule has 1 fully saturated rings. The average molecular weight is 460 g/mol. The fourth-order valence-electron chi connectivity index (χ4n) is 3.84. The van der Waals surface area contributed by atoms with Crippen LogP contribution in [0.4, 0.5) is 4.39 Å². The van der Waals surface area contributed by atoms with Crippen molar-refractivity contribution in [2.24, 2.45) is 5.92 Å². The van der Waals surface area contributed by atoms with Crippen molar-refractivity contribution in [3.8, 4) is 11.3 Å². The molecule has 9 heteroatoms. The van der Waals surface area contributed by atoms with E-state index in [0.717, 1.165) is 25.7 Å². The van der Waals surface area contributed by atoms with Gasteiger partial charge >= 0.3 is 5.97 Å². The maximum atomic E-state index is 13.4. The predicted molar refractivity (Wildman–Crippen MR) is 119 cm³/mol. The van der Waals surface area contributed by atoms with Crippen LogP contribution in [0.15, 0.2) is 41.4 Å². The summed E-state index contributed by atoms with van der Waals surface area (Å²) in [7, 11) is -3.79. The predicted octanol–water partition coefficient (Wildman–Crippen LogP) is 4.43. The van der Waals surface area contributed by atoms with Crippen LogP contribution < -0.4 is 4.72 Å². The highest BCUT2D eigenvalue weighted by Gasteiger charge is 2.33. The second-order valence-electron chi connectivity index (χ2n) is 8.67. The highest BCUT2D eigenvalue weighted by Crippen LogP contribution is 2.44. The van der Waals surface area contributed by atoms with Gasteiger partial charge < -0.3 is 5.11 Å². The summed E-state index contributed by atoms with van der Waals surface area (Å²) in [6.45, 7) is 4.51. The number of carboxylic acid groups (broad SMARTS) is 1. The molecule has 1 aliphatic rings. The van der Waals surface area contributed by atoms with Crippen molar-refractivity contribution in [1.29, 1.82) is 0 Å². The SMILES string of the molecule is CC(C)CCCNS(=O)(=O)c1cn2nc(-c3ccc(F)cc3)c(C(=O)O)c2cc1C1CC1. The van der Waals surface area contributed by atoms with Crippen LogP contribution in [-0.2, 0) is 10.0 Å². The highest BCUT2D eigenvalue weighted by molar-refractivity contribution is 7.89. The molecule has 4 rings (SSSR count). The van der Waals surface area contributed by atoms with E-state index in [4.69, 9.17) is 0 Å². The Morgan fingerprint density at radius 3 is 2.56 bits per heavy atom. The summed E-state index contributed by atoms with van der Waals surface area (Å²) in [6.07, 6.45) is 4.75. The van der Waals surface area contributed by atoms with Crippen molar-refractivity contribution < 1.29 is 22.7 Å². The van der Waals surface area contributed by atoms with E-state index in [9.17, 15) is 22.7 Å². The number of carboxylic acids is 1. The Kier molecular flexibility index (Phi) is 6.05. The van der Waals surface area contributed by atoms with Crippen LogP contribution in [0.2, 0.25) is 0 Å². The number of fused-ring (bicyclic) bond motifs is 1. The number of nitrogens with one attached hydrogen (secondary N) is 1. The van der Waals surface area contributed by atoms with Crippen LogP contribution in [-0.4, -0.2) is 35.7 Å². The number of sulfonamides is 1. The highest BCUT2D eigenvalue weighted by atomic mass is 32.2. The van der Waals surface area contributed by atoms with Crippen molar-refractivity contribution in [1.82, 2.24) is 14.3 Å². The molecule has 7 nitrogen and oxygen atoms in total. The van der Waals surface area contributed by atoms with E-state index in [2.05, 4.69) is 23.7 Å². The minimum Gasteiger partial charge on any atom is -0.478 e. The molecule has 1 saturated carbocycles. The fraction of sp³-hybridized carbons (Fsp3) is 0.391. The summed E-state index contributed by atoms with van der Waals surface area (Å²) in [5.41, 5.74) is 1.50. The Morgan fingerprint density at radius 1 is 1.28 bits per heavy atom. The van der Waals surface area contributed by atoms with Gasteiger partial charge in [0.1, 0.15) is 22.0 Å². The number of aromatic carboxylic acids is 1. The number of pyridine rings is 1. The lowest BCUT2D eigenvalue weighted by molar-refractivity contribution is 0.0700. The van der Waals surface area contributed by atoms with Gasteiger partial charge in [0.15, 0.2) is 0 Å². The third-order valence-corrected chi connectivity index (χ3v) is 7.16. The number of aromatic nitrogens is 2. The third-order valence-electron chi connectivity index (χ3n) is 5.65. The standard InChI is InChI=1S/C23H26FN3O4S/c1-14(2)4-3-11-25-32(30,31)20-13-27-19(12-18(20)15-5-6-15)21(23(28)29)22(26-27)16-7-9-17(24)10-8-16/h7-10,12-15,25H,3-6,11H2,1-2H3,(H,28,29).